The summed E-state index contributed by atoms with van der Waals surface area (Å²) in [7, 11) is 0. The molecule has 6 N–H and O–H groups in total. The molecular formula is C57H60N6O9S2. The number of thiophene rings is 1. The molecule has 4 atom stereocenters. The molecule has 1 aliphatic rings. The van der Waals surface area contributed by atoms with Gasteiger partial charge in [0.1, 0.15) is 35.1 Å². The molecule has 0 spiro atoms. The number of nitrogens with zero attached hydrogens (tertiary/aromatic N) is 3. The lowest BCUT2D eigenvalue weighted by Crippen LogP contribution is -2.57. The summed E-state index contributed by atoms with van der Waals surface area (Å²) in [5.74, 6) is 0.625. The lowest BCUT2D eigenvalue weighted by atomic mass is 9.85. The van der Waals surface area contributed by atoms with E-state index in [1.165, 1.54) is 22.5 Å². The number of aliphatic hydroxyl groups is 1. The number of fused-ring (bicyclic) bond motifs is 1. The predicted octanol–water partition coefficient (Wildman–Crippen LogP) is 10.3. The van der Waals surface area contributed by atoms with Crippen LogP contribution < -0.4 is 25.5 Å². The Balaban J connectivity index is 0.748. The van der Waals surface area contributed by atoms with Crippen LogP contribution >= 0.6 is 22.7 Å². The molecule has 4 amide bonds. The highest BCUT2D eigenvalue weighted by molar-refractivity contribution is 7.22. The number of nitrogens with one attached hydrogen (secondary N) is 3. The maximum absolute atomic E-state index is 14.1. The zero-order valence-corrected chi connectivity index (χ0v) is 43.5. The van der Waals surface area contributed by atoms with Gasteiger partial charge in [-0.25, -0.2) is 10.4 Å². The van der Waals surface area contributed by atoms with Crippen molar-refractivity contribution in [3.05, 3.63) is 143 Å². The van der Waals surface area contributed by atoms with Crippen LogP contribution in [0, 0.1) is 12.3 Å². The van der Waals surface area contributed by atoms with Crippen molar-refractivity contribution in [3.8, 4) is 49.6 Å². The normalized spacial score (nSPS) is 15.5. The number of β-amino-alcohol motifs (C(OH)–C–C–N with tert-alkyl or cyclic N) is 1. The molecule has 0 radical (unpaired) electrons. The second-order valence-electron chi connectivity index (χ2n) is 19.4. The third-order valence-electron chi connectivity index (χ3n) is 12.7. The van der Waals surface area contributed by atoms with Crippen molar-refractivity contribution in [2.75, 3.05) is 13.2 Å². The van der Waals surface area contributed by atoms with E-state index in [4.69, 9.17) is 9.47 Å². The number of aromatic nitrogens is 1. The molecule has 1 saturated heterocycles. The third-order valence-corrected chi connectivity index (χ3v) is 14.9. The van der Waals surface area contributed by atoms with Gasteiger partial charge in [0.15, 0.2) is 5.75 Å². The minimum Gasteiger partial charge on any atom is -0.508 e. The number of likely N-dealkylation sites (tertiary alicyclic amines) is 1. The van der Waals surface area contributed by atoms with Gasteiger partial charge < -0.3 is 40.3 Å². The highest BCUT2D eigenvalue weighted by Gasteiger charge is 2.44. The number of unbranched alkanes of at least 4 members (excludes halogenated alkanes) is 2. The van der Waals surface area contributed by atoms with Crippen LogP contribution in [-0.4, -0.2) is 86.4 Å². The molecule has 5 aromatic carbocycles. The number of hydrogen-bond donors (Lipinski definition) is 6. The van der Waals surface area contributed by atoms with E-state index in [2.05, 4.69) is 26.1 Å². The predicted molar refractivity (Wildman–Crippen MR) is 289 cm³/mol. The topological polar surface area (TPSA) is 212 Å². The fraction of sp³-hybridized carbons (Fsp3) is 0.298. The molecule has 7 aromatic rings. The van der Waals surface area contributed by atoms with Gasteiger partial charge in [0, 0.05) is 35.0 Å². The van der Waals surface area contributed by atoms with Crippen LogP contribution in [0.1, 0.15) is 93.0 Å². The number of aromatic hydroxyl groups is 2. The van der Waals surface area contributed by atoms with Crippen molar-refractivity contribution >= 4 is 62.6 Å². The molecule has 0 bridgehead atoms. The van der Waals surface area contributed by atoms with Gasteiger partial charge in [0.05, 0.1) is 45.9 Å². The molecular weight excluding hydrogens is 977 g/mol. The lowest BCUT2D eigenvalue weighted by Gasteiger charge is -2.35. The van der Waals surface area contributed by atoms with E-state index < -0.39 is 35.4 Å². The number of thiazole rings is 1. The Morgan fingerprint density at radius 2 is 1.51 bits per heavy atom. The highest BCUT2D eigenvalue weighted by Crippen LogP contribution is 2.47. The number of phenols is 2. The van der Waals surface area contributed by atoms with Crippen LogP contribution in [-0.2, 0) is 14.4 Å². The van der Waals surface area contributed by atoms with Crippen LogP contribution in [0.5, 0.6) is 28.7 Å². The number of carbonyl (C=O) groups is 4. The number of hydrogen-bond acceptors (Lipinski definition) is 13. The van der Waals surface area contributed by atoms with Gasteiger partial charge in [-0.3, -0.25) is 19.2 Å². The molecule has 0 saturated carbocycles. The van der Waals surface area contributed by atoms with Gasteiger partial charge >= 0.3 is 0 Å². The molecule has 1 aliphatic heterocycles. The number of aliphatic hydroxyl groups excluding tert-OH is 1. The van der Waals surface area contributed by atoms with Gasteiger partial charge in [0.2, 0.25) is 17.7 Å². The van der Waals surface area contributed by atoms with E-state index in [1.807, 2.05) is 88.7 Å². The third kappa shape index (κ3) is 13.1. The summed E-state index contributed by atoms with van der Waals surface area (Å²) >= 11 is 3.03. The second kappa shape index (κ2) is 23.5. The summed E-state index contributed by atoms with van der Waals surface area (Å²) in [6.45, 7) is 9.88. The number of phenolic OH excluding ortho intramolecular Hbond substituents is 2. The fourth-order valence-corrected chi connectivity index (χ4v) is 10.6. The summed E-state index contributed by atoms with van der Waals surface area (Å²) in [5, 5.41) is 41.5. The van der Waals surface area contributed by atoms with Crippen LogP contribution in [0.25, 0.3) is 31.0 Å². The Hall–Kier alpha value is -7.60. The van der Waals surface area contributed by atoms with Gasteiger partial charge in [0.25, 0.3) is 5.91 Å². The summed E-state index contributed by atoms with van der Waals surface area (Å²) < 4.78 is 13.1. The van der Waals surface area contributed by atoms with Crippen molar-refractivity contribution < 1.29 is 44.0 Å². The Bertz CT molecular complexity index is 3110. The molecule has 15 nitrogen and oxygen atoms in total. The Kier molecular flexibility index (Phi) is 16.8. The highest BCUT2D eigenvalue weighted by atomic mass is 32.1. The summed E-state index contributed by atoms with van der Waals surface area (Å²) in [5.41, 5.74) is 8.58. The number of hydrazone groups is 1. The molecule has 384 valence electrons. The molecule has 3 heterocycles. The summed E-state index contributed by atoms with van der Waals surface area (Å²) in [4.78, 5) is 61.6. The first-order chi connectivity index (χ1) is 35.5. The Morgan fingerprint density at radius 1 is 0.838 bits per heavy atom. The van der Waals surface area contributed by atoms with Crippen LogP contribution in [0.15, 0.2) is 126 Å². The van der Waals surface area contributed by atoms with Crippen molar-refractivity contribution in [3.63, 3.8) is 0 Å². The monoisotopic (exact) mass is 1040 g/mol. The smallest absolute Gasteiger partial charge is 0.271 e. The van der Waals surface area contributed by atoms with E-state index in [-0.39, 0.29) is 48.7 Å². The average Bonchev–Trinajstić information content (AvgIpc) is 4.11. The zero-order valence-electron chi connectivity index (χ0n) is 41.8. The Morgan fingerprint density at radius 3 is 2.20 bits per heavy atom. The number of ether oxygens (including phenoxy) is 2. The minimum atomic E-state index is -0.909. The van der Waals surface area contributed by atoms with E-state index in [1.54, 1.807) is 78.1 Å². The summed E-state index contributed by atoms with van der Waals surface area (Å²) in [6.07, 6.45) is 2.97. The van der Waals surface area contributed by atoms with Crippen molar-refractivity contribution in [2.45, 2.75) is 91.0 Å². The minimum absolute atomic E-state index is 0.00391. The first kappa shape index (κ1) is 52.7. The quantitative estimate of drug-likeness (QED) is 0.0256. The fourth-order valence-electron chi connectivity index (χ4n) is 8.64. The largest absolute Gasteiger partial charge is 0.508 e. The molecule has 2 aromatic heterocycles. The SMILES string of the molecule is Cc1ncsc1-c1ccc([C@H](C)NC(=O)[C@@H]2C[C@@H](O)CN2C(=O)[C@@H](NC(=O)CCCCCOc2ccc(/C=N/NC(=O)c3ccc(Oc4c(-c5ccc(O)cc5)sc5cc(O)ccc45)cc3)cc2)C(C)(C)C)cc1. The van der Waals surface area contributed by atoms with Crippen LogP contribution in [0.4, 0.5) is 0 Å². The molecule has 74 heavy (non-hydrogen) atoms. The Labute approximate surface area is 437 Å². The van der Waals surface area contributed by atoms with Crippen molar-refractivity contribution in [1.82, 2.24) is 25.9 Å². The number of benzene rings is 5. The maximum Gasteiger partial charge on any atom is 0.271 e. The van der Waals surface area contributed by atoms with Gasteiger partial charge in [-0.05, 0) is 152 Å². The number of aryl methyl sites for hydroxylation is 1. The molecule has 0 unspecified atom stereocenters. The lowest BCUT2D eigenvalue weighted by molar-refractivity contribution is -0.144. The molecule has 0 aliphatic carbocycles. The number of amides is 4. The molecule has 17 heteroatoms. The average molecular weight is 1040 g/mol. The van der Waals surface area contributed by atoms with Crippen molar-refractivity contribution in [1.29, 1.82) is 0 Å². The van der Waals surface area contributed by atoms with E-state index in [0.29, 0.717) is 48.7 Å². The van der Waals surface area contributed by atoms with E-state index >= 15 is 0 Å². The zero-order chi connectivity index (χ0) is 52.5. The molecule has 8 rings (SSSR count). The first-order valence-electron chi connectivity index (χ1n) is 24.5. The number of rotatable bonds is 19. The molecule has 1 fully saturated rings. The number of carbonyl (C=O) groups excluding carboxylic acids is 4. The first-order valence-corrected chi connectivity index (χ1v) is 26.2. The van der Waals surface area contributed by atoms with Gasteiger partial charge in [-0.2, -0.15) is 5.10 Å². The summed E-state index contributed by atoms with van der Waals surface area (Å²) in [6, 6.07) is 31.6. The maximum atomic E-state index is 14.1. The standard InChI is InChI=1S/C57H60N6O9S2/c1-34(37-12-14-38(15-13-37)51-35(2)58-33-73-51)60-55(69)47-29-43(66)32-63(47)56(70)53(57(3,4)5)61-49(67)9-7-6-8-28-71-44-23-10-36(11-24-44)31-59-62-54(68)40-18-25-45(26-19-40)72-50-46-27-22-42(65)30-48(46)74-52(50)39-16-20-41(64)21-17-39/h10-27,30-31,33-34,43,47,53,64-66H,6-9,28-29,32H2,1-5H3,(H,60,69)(H,61,67)(H,62,68)/b59-31+/t34-,43+,47-,53+/m0/s1. The van der Waals surface area contributed by atoms with E-state index in [0.717, 1.165) is 47.8 Å². The second-order valence-corrected chi connectivity index (χ2v) is 21.3. The van der Waals surface area contributed by atoms with Crippen LogP contribution in [0.2, 0.25) is 0 Å². The van der Waals surface area contributed by atoms with Gasteiger partial charge in [-0.1, -0.05) is 45.0 Å². The van der Waals surface area contributed by atoms with Gasteiger partial charge in [-0.15, -0.1) is 22.7 Å². The van der Waals surface area contributed by atoms with E-state index in [9.17, 15) is 34.5 Å². The van der Waals surface area contributed by atoms with Crippen molar-refractivity contribution in [2.24, 2.45) is 10.5 Å². The van der Waals surface area contributed by atoms with Crippen LogP contribution in [0.3, 0.4) is 0 Å².